The SMILES string of the molecule is CC(C)Nc1nc(C2=NC3C=C(O)C=CC(C3)/C(O)=C\C2)cs1.[HH]. The zero-order valence-electron chi connectivity index (χ0n) is 13.2. The number of aromatic nitrogens is 1. The van der Waals surface area contributed by atoms with Gasteiger partial charge < -0.3 is 15.5 Å². The molecule has 1 aromatic rings. The van der Waals surface area contributed by atoms with Gasteiger partial charge in [-0.3, -0.25) is 4.99 Å². The molecule has 6 heteroatoms. The van der Waals surface area contributed by atoms with Crippen LogP contribution >= 0.6 is 11.3 Å². The van der Waals surface area contributed by atoms with Crippen LogP contribution in [0.4, 0.5) is 5.13 Å². The highest BCUT2D eigenvalue weighted by Gasteiger charge is 2.23. The van der Waals surface area contributed by atoms with Crippen LogP contribution in [0, 0.1) is 5.92 Å². The van der Waals surface area contributed by atoms with Crippen molar-refractivity contribution < 1.29 is 11.6 Å². The quantitative estimate of drug-likeness (QED) is 0.773. The predicted octanol–water partition coefficient (Wildman–Crippen LogP) is 4.23. The largest absolute Gasteiger partial charge is 0.512 e. The molecule has 3 rings (SSSR count). The average Bonchev–Trinajstić information content (AvgIpc) is 2.83. The van der Waals surface area contributed by atoms with E-state index in [0.717, 1.165) is 16.5 Å². The fourth-order valence-electron chi connectivity index (χ4n) is 2.68. The third-order valence-corrected chi connectivity index (χ3v) is 4.55. The summed E-state index contributed by atoms with van der Waals surface area (Å²) in [5, 5.41) is 26.2. The molecular weight excluding hydrogens is 310 g/mol. The number of thiazole rings is 1. The number of nitrogens with zero attached hydrogens (tertiary/aromatic N) is 2. The topological polar surface area (TPSA) is 77.7 Å². The molecule has 1 aliphatic heterocycles. The molecule has 2 unspecified atom stereocenters. The first-order chi connectivity index (χ1) is 11.0. The lowest BCUT2D eigenvalue weighted by Crippen LogP contribution is -2.16. The molecule has 124 valence electrons. The molecule has 2 atom stereocenters. The van der Waals surface area contributed by atoms with Gasteiger partial charge in [0.15, 0.2) is 5.13 Å². The number of hydrogen-bond donors (Lipinski definition) is 3. The smallest absolute Gasteiger partial charge is 0.183 e. The van der Waals surface area contributed by atoms with E-state index in [1.807, 2.05) is 11.5 Å². The molecule has 0 fully saturated rings. The van der Waals surface area contributed by atoms with Gasteiger partial charge in [0.2, 0.25) is 0 Å². The van der Waals surface area contributed by atoms with Gasteiger partial charge in [0.05, 0.1) is 23.2 Å². The minimum atomic E-state index is -0.163. The van der Waals surface area contributed by atoms with Crippen LogP contribution in [0.1, 0.15) is 33.8 Å². The standard InChI is InChI=1S/C17H21N3O2S.H2/c1-10(2)18-17-20-15(9-23-17)14-5-6-16(22)11-3-4-13(21)8-12(7-11)19-14;/h3-4,6,8-12,21-22H,5,7H2,1-2H3,(H,18,20);1H/b16-6+,19-14?;. The fraction of sp³-hybridized carbons (Fsp3) is 0.412. The van der Waals surface area contributed by atoms with Gasteiger partial charge in [0.1, 0.15) is 5.76 Å². The second kappa shape index (κ2) is 6.58. The van der Waals surface area contributed by atoms with Gasteiger partial charge >= 0.3 is 0 Å². The molecule has 0 amide bonds. The minimum absolute atomic E-state index is 0. The first-order valence-electron chi connectivity index (χ1n) is 7.78. The Balaban J connectivity index is 0.00000208. The zero-order valence-corrected chi connectivity index (χ0v) is 14.0. The van der Waals surface area contributed by atoms with Crippen LogP contribution in [0.15, 0.2) is 46.2 Å². The molecule has 0 aromatic carbocycles. The van der Waals surface area contributed by atoms with Crippen molar-refractivity contribution in [2.24, 2.45) is 10.9 Å². The van der Waals surface area contributed by atoms with Gasteiger partial charge in [0, 0.05) is 25.2 Å². The highest BCUT2D eigenvalue weighted by molar-refractivity contribution is 7.13. The van der Waals surface area contributed by atoms with E-state index in [0.29, 0.717) is 24.6 Å². The van der Waals surface area contributed by atoms with E-state index in [4.69, 9.17) is 4.99 Å². The fourth-order valence-corrected chi connectivity index (χ4v) is 3.55. The van der Waals surface area contributed by atoms with Crippen LogP contribution in [0.3, 0.4) is 0 Å². The number of aliphatic imine (C=N–C) groups is 1. The van der Waals surface area contributed by atoms with E-state index in [2.05, 4.69) is 24.1 Å². The number of rotatable bonds is 3. The molecule has 0 saturated carbocycles. The zero-order chi connectivity index (χ0) is 16.4. The Morgan fingerprint density at radius 3 is 3.00 bits per heavy atom. The monoisotopic (exact) mass is 333 g/mol. The molecule has 2 bridgehead atoms. The van der Waals surface area contributed by atoms with Crippen LogP contribution in [0.5, 0.6) is 0 Å². The Labute approximate surface area is 141 Å². The molecule has 2 heterocycles. The Bertz CT molecular complexity index is 706. The van der Waals surface area contributed by atoms with Gasteiger partial charge in [-0.25, -0.2) is 4.98 Å². The van der Waals surface area contributed by atoms with Crippen molar-refractivity contribution in [3.63, 3.8) is 0 Å². The summed E-state index contributed by atoms with van der Waals surface area (Å²) < 4.78 is 0. The molecule has 0 radical (unpaired) electrons. The lowest BCUT2D eigenvalue weighted by molar-refractivity contribution is 0.341. The van der Waals surface area contributed by atoms with E-state index < -0.39 is 0 Å². The predicted molar refractivity (Wildman–Crippen MR) is 96.6 cm³/mol. The second-order valence-corrected chi connectivity index (χ2v) is 6.96. The van der Waals surface area contributed by atoms with Gasteiger partial charge in [-0.2, -0.15) is 0 Å². The number of fused-ring (bicyclic) bond motifs is 2. The van der Waals surface area contributed by atoms with Crippen molar-refractivity contribution in [3.05, 3.63) is 46.9 Å². The maximum atomic E-state index is 10.2. The molecule has 1 aromatic heterocycles. The lowest BCUT2D eigenvalue weighted by atomic mass is 9.96. The number of allylic oxidation sites excluding steroid dienone is 3. The third-order valence-electron chi connectivity index (χ3n) is 3.78. The summed E-state index contributed by atoms with van der Waals surface area (Å²) in [4.78, 5) is 9.35. The Morgan fingerprint density at radius 2 is 2.22 bits per heavy atom. The second-order valence-electron chi connectivity index (χ2n) is 6.11. The Hall–Kier alpha value is -2.08. The molecular formula is C17H23N3O2S. The lowest BCUT2D eigenvalue weighted by Gasteiger charge is -2.18. The molecule has 5 nitrogen and oxygen atoms in total. The van der Waals surface area contributed by atoms with Crippen molar-refractivity contribution in [1.82, 2.24) is 4.98 Å². The van der Waals surface area contributed by atoms with Gasteiger partial charge in [-0.1, -0.05) is 6.08 Å². The summed E-state index contributed by atoms with van der Waals surface area (Å²) in [5.74, 6) is 0.424. The van der Waals surface area contributed by atoms with E-state index >= 15 is 0 Å². The van der Waals surface area contributed by atoms with E-state index in [9.17, 15) is 10.2 Å². The number of nitrogens with one attached hydrogen (secondary N) is 1. The maximum absolute atomic E-state index is 10.2. The third kappa shape index (κ3) is 3.82. The van der Waals surface area contributed by atoms with E-state index in [1.54, 1.807) is 29.6 Å². The Kier molecular flexibility index (Phi) is 4.52. The van der Waals surface area contributed by atoms with Crippen LogP contribution in [-0.4, -0.2) is 33.0 Å². The maximum Gasteiger partial charge on any atom is 0.183 e. The summed E-state index contributed by atoms with van der Waals surface area (Å²) in [5.41, 5.74) is 1.66. The summed E-state index contributed by atoms with van der Waals surface area (Å²) in [7, 11) is 0. The normalized spacial score (nSPS) is 26.5. The number of hydrogen-bond acceptors (Lipinski definition) is 6. The molecule has 23 heavy (non-hydrogen) atoms. The highest BCUT2D eigenvalue weighted by atomic mass is 32.1. The van der Waals surface area contributed by atoms with E-state index in [1.165, 1.54) is 0 Å². The van der Waals surface area contributed by atoms with Gasteiger partial charge in [0.25, 0.3) is 0 Å². The average molecular weight is 333 g/mol. The van der Waals surface area contributed by atoms with E-state index in [-0.39, 0.29) is 19.1 Å². The van der Waals surface area contributed by atoms with Crippen LogP contribution in [0.2, 0.25) is 0 Å². The van der Waals surface area contributed by atoms with Crippen molar-refractivity contribution in [2.45, 2.75) is 38.8 Å². The summed E-state index contributed by atoms with van der Waals surface area (Å²) in [6, 6.07) is 0.162. The van der Waals surface area contributed by atoms with Crippen LogP contribution in [0.25, 0.3) is 0 Å². The van der Waals surface area contributed by atoms with Gasteiger partial charge in [-0.05, 0) is 38.5 Å². The molecule has 0 saturated heterocycles. The number of anilines is 1. The summed E-state index contributed by atoms with van der Waals surface area (Å²) in [6.45, 7) is 4.14. The van der Waals surface area contributed by atoms with Crippen molar-refractivity contribution >= 4 is 22.2 Å². The van der Waals surface area contributed by atoms with Crippen molar-refractivity contribution in [3.8, 4) is 0 Å². The first kappa shape index (κ1) is 15.8. The van der Waals surface area contributed by atoms with Crippen molar-refractivity contribution in [2.75, 3.05) is 5.32 Å². The number of aliphatic hydroxyl groups excluding tert-OH is 2. The minimum Gasteiger partial charge on any atom is -0.512 e. The summed E-state index contributed by atoms with van der Waals surface area (Å²) >= 11 is 1.55. The number of aliphatic hydroxyl groups is 2. The Morgan fingerprint density at radius 1 is 1.39 bits per heavy atom. The first-order valence-corrected chi connectivity index (χ1v) is 8.66. The van der Waals surface area contributed by atoms with Crippen LogP contribution in [-0.2, 0) is 0 Å². The molecule has 0 spiro atoms. The van der Waals surface area contributed by atoms with Crippen molar-refractivity contribution in [1.29, 1.82) is 0 Å². The van der Waals surface area contributed by atoms with Gasteiger partial charge in [-0.15, -0.1) is 11.3 Å². The molecule has 3 N–H and O–H groups in total. The molecule has 2 aliphatic rings. The molecule has 1 aliphatic carbocycles. The highest BCUT2D eigenvalue weighted by Crippen LogP contribution is 2.27. The summed E-state index contributed by atoms with van der Waals surface area (Å²) in [6.07, 6.45) is 8.16. The van der Waals surface area contributed by atoms with Crippen LogP contribution < -0.4 is 5.32 Å².